The summed E-state index contributed by atoms with van der Waals surface area (Å²) in [7, 11) is 0. The molecule has 1 atom stereocenters. The SMILES string of the molecule is CC(C)CCCCCC(CCCC(C)C)C(=O)OC(C)(C)C. The van der Waals surface area contributed by atoms with Crippen molar-refractivity contribution < 1.29 is 9.53 Å². The van der Waals surface area contributed by atoms with Gasteiger partial charge in [0.15, 0.2) is 0 Å². The zero-order valence-corrected chi connectivity index (χ0v) is 16.2. The van der Waals surface area contributed by atoms with Gasteiger partial charge in [0.1, 0.15) is 5.60 Å². The normalized spacial score (nSPS) is 13.7. The summed E-state index contributed by atoms with van der Waals surface area (Å²) in [6.07, 6.45) is 9.28. The highest BCUT2D eigenvalue weighted by molar-refractivity contribution is 5.72. The van der Waals surface area contributed by atoms with E-state index in [9.17, 15) is 4.79 Å². The van der Waals surface area contributed by atoms with Crippen LogP contribution in [0.2, 0.25) is 0 Å². The van der Waals surface area contributed by atoms with Crippen LogP contribution in [0.15, 0.2) is 0 Å². The molecule has 0 spiro atoms. The van der Waals surface area contributed by atoms with Crippen LogP contribution >= 0.6 is 0 Å². The molecule has 2 nitrogen and oxygen atoms in total. The number of carbonyl (C=O) groups excluding carboxylic acids is 1. The van der Waals surface area contributed by atoms with Gasteiger partial charge in [0, 0.05) is 0 Å². The minimum Gasteiger partial charge on any atom is -0.460 e. The van der Waals surface area contributed by atoms with E-state index in [1.165, 1.54) is 25.7 Å². The maximum Gasteiger partial charge on any atom is 0.309 e. The standard InChI is InChI=1S/C20H40O2/c1-16(2)12-9-8-10-14-18(15-11-13-17(3)4)19(21)22-20(5,6)7/h16-18H,8-15H2,1-7H3. The molecule has 0 amide bonds. The Morgan fingerprint density at radius 1 is 0.773 bits per heavy atom. The second-order valence-corrected chi connectivity index (χ2v) is 8.59. The molecule has 0 rings (SSSR count). The Morgan fingerprint density at radius 2 is 1.23 bits per heavy atom. The average molecular weight is 313 g/mol. The number of unbranched alkanes of at least 4 members (excludes halogenated alkanes) is 2. The lowest BCUT2D eigenvalue weighted by Crippen LogP contribution is -2.29. The second kappa shape index (κ2) is 11.1. The van der Waals surface area contributed by atoms with Gasteiger partial charge >= 0.3 is 5.97 Å². The Morgan fingerprint density at radius 3 is 1.73 bits per heavy atom. The molecule has 2 heteroatoms. The molecule has 0 radical (unpaired) electrons. The predicted molar refractivity (Wildman–Crippen MR) is 95.9 cm³/mol. The molecule has 0 bridgehead atoms. The van der Waals surface area contributed by atoms with Crippen LogP contribution in [0.25, 0.3) is 0 Å². The van der Waals surface area contributed by atoms with E-state index in [1.807, 2.05) is 20.8 Å². The quantitative estimate of drug-likeness (QED) is 0.327. The van der Waals surface area contributed by atoms with Crippen molar-refractivity contribution >= 4 is 5.97 Å². The fourth-order valence-electron chi connectivity index (χ4n) is 2.66. The lowest BCUT2D eigenvalue weighted by Gasteiger charge is -2.24. The molecular formula is C20H40O2. The second-order valence-electron chi connectivity index (χ2n) is 8.59. The lowest BCUT2D eigenvalue weighted by molar-refractivity contribution is -0.160. The van der Waals surface area contributed by atoms with Crippen LogP contribution in [0.1, 0.15) is 99.8 Å². The van der Waals surface area contributed by atoms with Gasteiger partial charge < -0.3 is 4.74 Å². The van der Waals surface area contributed by atoms with Crippen LogP contribution in [-0.2, 0) is 9.53 Å². The number of carbonyl (C=O) groups is 1. The first-order valence-electron chi connectivity index (χ1n) is 9.34. The molecule has 0 aliphatic heterocycles. The van der Waals surface area contributed by atoms with Crippen molar-refractivity contribution in [3.05, 3.63) is 0 Å². The monoisotopic (exact) mass is 312 g/mol. The average Bonchev–Trinajstić information content (AvgIpc) is 2.33. The number of ether oxygens (including phenoxy) is 1. The van der Waals surface area contributed by atoms with Gasteiger partial charge in [0.25, 0.3) is 0 Å². The number of hydrogen-bond donors (Lipinski definition) is 0. The first-order valence-corrected chi connectivity index (χ1v) is 9.34. The van der Waals surface area contributed by atoms with Crippen molar-refractivity contribution in [2.75, 3.05) is 0 Å². The highest BCUT2D eigenvalue weighted by atomic mass is 16.6. The molecule has 0 aliphatic rings. The fourth-order valence-corrected chi connectivity index (χ4v) is 2.66. The zero-order valence-electron chi connectivity index (χ0n) is 16.2. The van der Waals surface area contributed by atoms with E-state index in [2.05, 4.69) is 27.7 Å². The molecule has 1 unspecified atom stereocenters. The van der Waals surface area contributed by atoms with E-state index in [0.717, 1.165) is 31.6 Å². The molecular weight excluding hydrogens is 272 g/mol. The van der Waals surface area contributed by atoms with Crippen molar-refractivity contribution in [2.24, 2.45) is 17.8 Å². The maximum absolute atomic E-state index is 12.4. The Balaban J connectivity index is 4.24. The first kappa shape index (κ1) is 21.5. The smallest absolute Gasteiger partial charge is 0.309 e. The van der Waals surface area contributed by atoms with Gasteiger partial charge in [0.05, 0.1) is 5.92 Å². The number of hydrogen-bond acceptors (Lipinski definition) is 2. The lowest BCUT2D eigenvalue weighted by atomic mass is 9.92. The molecule has 0 N–H and O–H groups in total. The molecule has 0 fully saturated rings. The minimum atomic E-state index is -0.370. The summed E-state index contributed by atoms with van der Waals surface area (Å²) in [5.74, 6) is 1.61. The van der Waals surface area contributed by atoms with Gasteiger partial charge in [-0.2, -0.15) is 0 Å². The van der Waals surface area contributed by atoms with Crippen molar-refractivity contribution in [2.45, 2.75) is 105 Å². The Labute approximate surface area is 139 Å². The Bertz CT molecular complexity index is 287. The summed E-state index contributed by atoms with van der Waals surface area (Å²) in [6.45, 7) is 14.9. The van der Waals surface area contributed by atoms with Crippen LogP contribution in [0.3, 0.4) is 0 Å². The van der Waals surface area contributed by atoms with Gasteiger partial charge in [-0.1, -0.05) is 66.2 Å². The van der Waals surface area contributed by atoms with Crippen LogP contribution < -0.4 is 0 Å². The molecule has 22 heavy (non-hydrogen) atoms. The van der Waals surface area contributed by atoms with E-state index in [4.69, 9.17) is 4.74 Å². The summed E-state index contributed by atoms with van der Waals surface area (Å²) in [4.78, 5) is 12.4. The highest BCUT2D eigenvalue weighted by Crippen LogP contribution is 2.23. The molecule has 0 aromatic carbocycles. The van der Waals surface area contributed by atoms with E-state index in [0.29, 0.717) is 5.92 Å². The molecule has 0 aromatic rings. The maximum atomic E-state index is 12.4. The van der Waals surface area contributed by atoms with Crippen LogP contribution in [0.4, 0.5) is 0 Å². The van der Waals surface area contributed by atoms with Gasteiger partial charge in [0.2, 0.25) is 0 Å². The van der Waals surface area contributed by atoms with E-state index >= 15 is 0 Å². The van der Waals surface area contributed by atoms with Crippen LogP contribution in [0.5, 0.6) is 0 Å². The molecule has 132 valence electrons. The number of rotatable bonds is 11. The minimum absolute atomic E-state index is 0.0140. The van der Waals surface area contributed by atoms with Gasteiger partial charge in [-0.15, -0.1) is 0 Å². The van der Waals surface area contributed by atoms with Crippen molar-refractivity contribution in [3.8, 4) is 0 Å². The summed E-state index contributed by atoms with van der Waals surface area (Å²) < 4.78 is 5.61. The molecule has 0 saturated heterocycles. The van der Waals surface area contributed by atoms with Gasteiger partial charge in [-0.3, -0.25) is 4.79 Å². The van der Waals surface area contributed by atoms with Crippen molar-refractivity contribution in [1.82, 2.24) is 0 Å². The molecule has 0 saturated carbocycles. The summed E-state index contributed by atoms with van der Waals surface area (Å²) >= 11 is 0. The third-order valence-corrected chi connectivity index (χ3v) is 3.91. The van der Waals surface area contributed by atoms with Gasteiger partial charge in [-0.25, -0.2) is 0 Å². The molecule has 0 aromatic heterocycles. The summed E-state index contributed by atoms with van der Waals surface area (Å²) in [6, 6.07) is 0. The summed E-state index contributed by atoms with van der Waals surface area (Å²) in [5.41, 5.74) is -0.370. The van der Waals surface area contributed by atoms with Crippen molar-refractivity contribution in [3.63, 3.8) is 0 Å². The van der Waals surface area contributed by atoms with E-state index in [1.54, 1.807) is 0 Å². The predicted octanol–water partition coefficient (Wildman–Crippen LogP) is 6.38. The Kier molecular flexibility index (Phi) is 10.8. The largest absolute Gasteiger partial charge is 0.460 e. The van der Waals surface area contributed by atoms with E-state index in [-0.39, 0.29) is 17.5 Å². The topological polar surface area (TPSA) is 26.3 Å². The van der Waals surface area contributed by atoms with E-state index < -0.39 is 0 Å². The third kappa shape index (κ3) is 13.2. The fraction of sp³-hybridized carbons (Fsp3) is 0.950. The Hall–Kier alpha value is -0.530. The molecule has 0 aliphatic carbocycles. The number of esters is 1. The third-order valence-electron chi connectivity index (χ3n) is 3.91. The molecule has 0 heterocycles. The zero-order chi connectivity index (χ0) is 17.2. The van der Waals surface area contributed by atoms with Crippen LogP contribution in [0, 0.1) is 17.8 Å². The highest BCUT2D eigenvalue weighted by Gasteiger charge is 2.24. The van der Waals surface area contributed by atoms with Crippen molar-refractivity contribution in [1.29, 1.82) is 0 Å². The first-order chi connectivity index (χ1) is 10.1. The van der Waals surface area contributed by atoms with Gasteiger partial charge in [-0.05, 0) is 45.4 Å². The van der Waals surface area contributed by atoms with Crippen LogP contribution in [-0.4, -0.2) is 11.6 Å². The summed E-state index contributed by atoms with van der Waals surface area (Å²) in [5, 5.41) is 0.